The minimum atomic E-state index is -0.575. The van der Waals surface area contributed by atoms with Crippen LogP contribution in [0.1, 0.15) is 33.6 Å². The fourth-order valence-electron chi connectivity index (χ4n) is 1.21. The number of nitrogens with one attached hydrogen (secondary N) is 2. The molecular formula is C10H16N2O3. The van der Waals surface area contributed by atoms with E-state index >= 15 is 0 Å². The number of imide groups is 1. The molecule has 3 amide bonds. The first-order valence-corrected chi connectivity index (χ1v) is 4.95. The first-order chi connectivity index (χ1) is 6.80. The summed E-state index contributed by atoms with van der Waals surface area (Å²) in [6, 6.07) is -0.575. The van der Waals surface area contributed by atoms with Crippen molar-refractivity contribution in [3.8, 4) is 0 Å². The van der Waals surface area contributed by atoms with Gasteiger partial charge in [0.2, 0.25) is 17.7 Å². The Hall–Kier alpha value is -1.39. The van der Waals surface area contributed by atoms with Crippen molar-refractivity contribution in [3.63, 3.8) is 0 Å². The van der Waals surface area contributed by atoms with Crippen LogP contribution in [0.15, 0.2) is 0 Å². The summed E-state index contributed by atoms with van der Waals surface area (Å²) in [7, 11) is 0. The molecular weight excluding hydrogens is 196 g/mol. The predicted molar refractivity (Wildman–Crippen MR) is 53.8 cm³/mol. The van der Waals surface area contributed by atoms with Gasteiger partial charge in [0.25, 0.3) is 0 Å². The van der Waals surface area contributed by atoms with E-state index < -0.39 is 17.4 Å². The van der Waals surface area contributed by atoms with Crippen LogP contribution in [0.25, 0.3) is 0 Å². The van der Waals surface area contributed by atoms with Crippen LogP contribution >= 0.6 is 0 Å². The molecule has 1 fully saturated rings. The maximum absolute atomic E-state index is 11.6. The first kappa shape index (κ1) is 11.7. The summed E-state index contributed by atoms with van der Waals surface area (Å²) in [5, 5.41) is 4.82. The van der Waals surface area contributed by atoms with Crippen LogP contribution in [0.2, 0.25) is 0 Å². The summed E-state index contributed by atoms with van der Waals surface area (Å²) < 4.78 is 0. The third-order valence-corrected chi connectivity index (χ3v) is 2.23. The minimum Gasteiger partial charge on any atom is -0.344 e. The van der Waals surface area contributed by atoms with E-state index in [0.717, 1.165) is 0 Å². The smallest absolute Gasteiger partial charge is 0.249 e. The molecule has 15 heavy (non-hydrogen) atoms. The van der Waals surface area contributed by atoms with Crippen LogP contribution in [0.3, 0.4) is 0 Å². The van der Waals surface area contributed by atoms with Crippen molar-refractivity contribution in [2.45, 2.75) is 39.7 Å². The highest BCUT2D eigenvalue weighted by molar-refractivity contribution is 6.01. The zero-order valence-corrected chi connectivity index (χ0v) is 9.22. The summed E-state index contributed by atoms with van der Waals surface area (Å²) >= 11 is 0. The molecule has 0 aromatic heterocycles. The van der Waals surface area contributed by atoms with Crippen molar-refractivity contribution in [1.29, 1.82) is 0 Å². The number of amides is 3. The van der Waals surface area contributed by atoms with Crippen molar-refractivity contribution < 1.29 is 14.4 Å². The van der Waals surface area contributed by atoms with Crippen LogP contribution in [0.4, 0.5) is 0 Å². The molecule has 1 aliphatic heterocycles. The molecule has 84 valence electrons. The minimum absolute atomic E-state index is 0.183. The van der Waals surface area contributed by atoms with E-state index in [-0.39, 0.29) is 18.2 Å². The van der Waals surface area contributed by atoms with E-state index in [4.69, 9.17) is 0 Å². The Labute approximate surface area is 88.6 Å². The van der Waals surface area contributed by atoms with Gasteiger partial charge in [-0.15, -0.1) is 0 Å². The summed E-state index contributed by atoms with van der Waals surface area (Å²) in [4.78, 5) is 33.8. The zero-order valence-electron chi connectivity index (χ0n) is 9.22. The van der Waals surface area contributed by atoms with Crippen molar-refractivity contribution in [3.05, 3.63) is 0 Å². The first-order valence-electron chi connectivity index (χ1n) is 4.95. The van der Waals surface area contributed by atoms with Crippen molar-refractivity contribution >= 4 is 17.7 Å². The molecule has 1 saturated heterocycles. The standard InChI is InChI=1S/C10H16N2O3/c1-10(2,3)9(15)11-6-4-5-7(13)12-8(6)14/h6H,4-5H2,1-3H3,(H,11,15)(H,12,13,14)/t6-/m1/s1. The van der Waals surface area contributed by atoms with E-state index in [0.29, 0.717) is 6.42 Å². The normalized spacial score (nSPS) is 22.2. The van der Waals surface area contributed by atoms with Gasteiger partial charge in [0.15, 0.2) is 0 Å². The highest BCUT2D eigenvalue weighted by Crippen LogP contribution is 2.14. The maximum atomic E-state index is 11.6. The van der Waals surface area contributed by atoms with Gasteiger partial charge in [-0.1, -0.05) is 20.8 Å². The van der Waals surface area contributed by atoms with E-state index in [1.165, 1.54) is 0 Å². The molecule has 1 aliphatic rings. The van der Waals surface area contributed by atoms with Crippen LogP contribution in [-0.2, 0) is 14.4 Å². The van der Waals surface area contributed by atoms with Crippen molar-refractivity contribution in [1.82, 2.24) is 10.6 Å². The number of rotatable bonds is 1. The highest BCUT2D eigenvalue weighted by atomic mass is 16.2. The fraction of sp³-hybridized carbons (Fsp3) is 0.700. The molecule has 0 spiro atoms. The summed E-state index contributed by atoms with van der Waals surface area (Å²) in [5.74, 6) is -0.873. The predicted octanol–water partition coefficient (Wildman–Crippen LogP) is -0.0461. The molecule has 0 aliphatic carbocycles. The van der Waals surface area contributed by atoms with Crippen LogP contribution in [-0.4, -0.2) is 23.8 Å². The second kappa shape index (κ2) is 4.00. The van der Waals surface area contributed by atoms with Crippen molar-refractivity contribution in [2.75, 3.05) is 0 Å². The van der Waals surface area contributed by atoms with Gasteiger partial charge in [-0.3, -0.25) is 19.7 Å². The number of hydrogen-bond donors (Lipinski definition) is 2. The van der Waals surface area contributed by atoms with Crippen LogP contribution in [0.5, 0.6) is 0 Å². The molecule has 0 radical (unpaired) electrons. The lowest BCUT2D eigenvalue weighted by Crippen LogP contribution is -2.54. The third-order valence-electron chi connectivity index (χ3n) is 2.23. The average molecular weight is 212 g/mol. The average Bonchev–Trinajstić information content (AvgIpc) is 2.08. The molecule has 0 aromatic rings. The summed E-state index contributed by atoms with van der Waals surface area (Å²) in [6.45, 7) is 5.32. The Kier molecular flexibility index (Phi) is 3.12. The van der Waals surface area contributed by atoms with Gasteiger partial charge in [0, 0.05) is 11.8 Å². The zero-order chi connectivity index (χ0) is 11.6. The Balaban J connectivity index is 2.56. The Bertz CT molecular complexity index is 304. The Morgan fingerprint density at radius 1 is 1.40 bits per heavy atom. The van der Waals surface area contributed by atoms with E-state index in [1.54, 1.807) is 20.8 Å². The van der Waals surface area contributed by atoms with Crippen molar-refractivity contribution in [2.24, 2.45) is 5.41 Å². The molecule has 0 saturated carbocycles. The SMILES string of the molecule is CC(C)(C)C(=O)N[C@@H]1CCC(=O)NC1=O. The lowest BCUT2D eigenvalue weighted by Gasteiger charge is -2.25. The van der Waals surface area contributed by atoms with Gasteiger partial charge < -0.3 is 5.32 Å². The quantitative estimate of drug-likeness (QED) is 0.598. The topological polar surface area (TPSA) is 75.3 Å². The third kappa shape index (κ3) is 3.04. The Morgan fingerprint density at radius 3 is 2.47 bits per heavy atom. The molecule has 1 heterocycles. The number of piperidine rings is 1. The van der Waals surface area contributed by atoms with Gasteiger partial charge in [0.05, 0.1) is 0 Å². The van der Waals surface area contributed by atoms with E-state index in [9.17, 15) is 14.4 Å². The molecule has 0 aromatic carbocycles. The molecule has 5 heteroatoms. The lowest BCUT2D eigenvalue weighted by atomic mass is 9.94. The molecule has 0 unspecified atom stereocenters. The van der Waals surface area contributed by atoms with Crippen LogP contribution < -0.4 is 10.6 Å². The van der Waals surface area contributed by atoms with Crippen LogP contribution in [0, 0.1) is 5.41 Å². The monoisotopic (exact) mass is 212 g/mol. The molecule has 0 bridgehead atoms. The second-order valence-electron chi connectivity index (χ2n) is 4.73. The number of hydrogen-bond acceptors (Lipinski definition) is 3. The largest absolute Gasteiger partial charge is 0.344 e. The van der Waals surface area contributed by atoms with Gasteiger partial charge in [-0.05, 0) is 6.42 Å². The van der Waals surface area contributed by atoms with Gasteiger partial charge in [-0.2, -0.15) is 0 Å². The second-order valence-corrected chi connectivity index (χ2v) is 4.73. The summed E-state index contributed by atoms with van der Waals surface area (Å²) in [5.41, 5.74) is -0.526. The van der Waals surface area contributed by atoms with E-state index in [2.05, 4.69) is 10.6 Å². The van der Waals surface area contributed by atoms with Gasteiger partial charge in [0.1, 0.15) is 6.04 Å². The molecule has 1 rings (SSSR count). The van der Waals surface area contributed by atoms with E-state index in [1.807, 2.05) is 0 Å². The van der Waals surface area contributed by atoms with Gasteiger partial charge in [-0.25, -0.2) is 0 Å². The number of carbonyl (C=O) groups is 3. The maximum Gasteiger partial charge on any atom is 0.249 e. The lowest BCUT2D eigenvalue weighted by molar-refractivity contribution is -0.139. The fourth-order valence-corrected chi connectivity index (χ4v) is 1.21. The van der Waals surface area contributed by atoms with Gasteiger partial charge >= 0.3 is 0 Å². The molecule has 1 atom stereocenters. The number of carbonyl (C=O) groups excluding carboxylic acids is 3. The highest BCUT2D eigenvalue weighted by Gasteiger charge is 2.31. The Morgan fingerprint density at radius 2 is 2.00 bits per heavy atom. The summed E-state index contributed by atoms with van der Waals surface area (Å²) in [6.07, 6.45) is 0.660. The molecule has 5 nitrogen and oxygen atoms in total. The molecule has 2 N–H and O–H groups in total.